The van der Waals surface area contributed by atoms with Gasteiger partial charge in [-0.2, -0.15) is 0 Å². The molecule has 0 aliphatic rings. The van der Waals surface area contributed by atoms with Crippen LogP contribution in [0.4, 0.5) is 0 Å². The van der Waals surface area contributed by atoms with Crippen LogP contribution in [0.2, 0.25) is 0 Å². The first kappa shape index (κ1) is 31.9. The molecular formula is C53H51N3O. The largest absolute Gasteiger partial charge is 0.507 e. The standard InChI is InChI=1S/C53H51N3O/c1-33(2)39-30-44(34(3)4)51(57)46(31-39)52-55-50-43(20-15-21-49(50)56(52)48-23-22-35(5)26-45(48)37-18-13-10-14-19-37)40-27-41(29-42(28-40)53(6,7)8)47-32-38(24-25-54-47)36-16-11-9-12-17-36/h9-34,57H,1-8H3/i9D,11D,12D,16D,17D. The summed E-state index contributed by atoms with van der Waals surface area (Å²) < 4.78 is 44.3. The van der Waals surface area contributed by atoms with E-state index in [9.17, 15) is 5.11 Å². The predicted molar refractivity (Wildman–Crippen MR) is 239 cm³/mol. The lowest BCUT2D eigenvalue weighted by Crippen LogP contribution is -2.11. The SMILES string of the molecule is [2H]c1c([2H])c([2H])c(-c2ccnc(-c3cc(-c4cccc5c4nc(-c4cc(C(C)C)cc(C(C)C)c4O)n5-c4ccc(C)cc4-c4ccccc4)cc(C(C)(C)C)c3)c2)c([2H])c1[2H]. The number of para-hydroxylation sites is 1. The molecule has 0 fully saturated rings. The van der Waals surface area contributed by atoms with Gasteiger partial charge in [-0.15, -0.1) is 0 Å². The molecule has 8 aromatic rings. The molecule has 6 aromatic carbocycles. The van der Waals surface area contributed by atoms with E-state index in [0.29, 0.717) is 22.6 Å². The zero-order valence-corrected chi connectivity index (χ0v) is 33.9. The van der Waals surface area contributed by atoms with Gasteiger partial charge in [0.1, 0.15) is 11.6 Å². The quantitative estimate of drug-likeness (QED) is 0.168. The molecule has 0 amide bonds. The number of nitrogens with zero attached hydrogens (tertiary/aromatic N) is 3. The normalized spacial score (nSPS) is 13.1. The van der Waals surface area contributed by atoms with Crippen LogP contribution in [0, 0.1) is 6.92 Å². The molecule has 0 saturated carbocycles. The Labute approximate surface area is 344 Å². The lowest BCUT2D eigenvalue weighted by Gasteiger charge is -2.22. The zero-order chi connectivity index (χ0) is 44.4. The summed E-state index contributed by atoms with van der Waals surface area (Å²) in [7, 11) is 0. The highest BCUT2D eigenvalue weighted by atomic mass is 16.3. The topological polar surface area (TPSA) is 50.9 Å². The van der Waals surface area contributed by atoms with E-state index in [2.05, 4.69) is 139 Å². The maximum absolute atomic E-state index is 12.2. The molecule has 8 rings (SSSR count). The first-order chi connectivity index (χ1) is 29.4. The van der Waals surface area contributed by atoms with Gasteiger partial charge in [0.15, 0.2) is 0 Å². The van der Waals surface area contributed by atoms with E-state index in [1.165, 1.54) is 0 Å². The average molecular weight is 751 g/mol. The fraction of sp³-hybridized carbons (Fsp3) is 0.208. The molecule has 2 aromatic heterocycles. The van der Waals surface area contributed by atoms with Crippen molar-refractivity contribution in [1.29, 1.82) is 0 Å². The van der Waals surface area contributed by atoms with Gasteiger partial charge >= 0.3 is 0 Å². The Hall–Kier alpha value is -6.26. The van der Waals surface area contributed by atoms with E-state index in [1.54, 1.807) is 18.3 Å². The molecule has 0 radical (unpaired) electrons. The maximum atomic E-state index is 12.2. The highest BCUT2D eigenvalue weighted by Crippen LogP contribution is 2.44. The summed E-state index contributed by atoms with van der Waals surface area (Å²) in [4.78, 5) is 10.3. The highest BCUT2D eigenvalue weighted by molar-refractivity contribution is 5.98. The van der Waals surface area contributed by atoms with Crippen molar-refractivity contribution < 1.29 is 12.0 Å². The second-order valence-electron chi connectivity index (χ2n) is 16.6. The maximum Gasteiger partial charge on any atom is 0.149 e. The minimum Gasteiger partial charge on any atom is -0.507 e. The zero-order valence-electron chi connectivity index (χ0n) is 38.9. The van der Waals surface area contributed by atoms with Gasteiger partial charge in [-0.3, -0.25) is 9.55 Å². The van der Waals surface area contributed by atoms with Crippen LogP contribution < -0.4 is 0 Å². The minimum atomic E-state index is -0.429. The Morgan fingerprint density at radius 3 is 2.12 bits per heavy atom. The molecule has 284 valence electrons. The lowest BCUT2D eigenvalue weighted by atomic mass is 9.83. The number of aryl methyl sites for hydroxylation is 1. The van der Waals surface area contributed by atoms with E-state index < -0.39 is 6.04 Å². The molecule has 57 heavy (non-hydrogen) atoms. The van der Waals surface area contributed by atoms with E-state index in [4.69, 9.17) is 16.8 Å². The molecule has 4 heteroatoms. The molecular weight excluding hydrogens is 695 g/mol. The summed E-state index contributed by atoms with van der Waals surface area (Å²) in [6.07, 6.45) is 1.62. The molecule has 0 atom stereocenters. The van der Waals surface area contributed by atoms with Gasteiger partial charge in [-0.25, -0.2) is 4.98 Å². The molecule has 0 saturated heterocycles. The minimum absolute atomic E-state index is 0.0752. The van der Waals surface area contributed by atoms with E-state index in [1.807, 2.05) is 18.2 Å². The summed E-state index contributed by atoms with van der Waals surface area (Å²) >= 11 is 0. The van der Waals surface area contributed by atoms with Crippen molar-refractivity contribution in [2.75, 3.05) is 0 Å². The summed E-state index contributed by atoms with van der Waals surface area (Å²) in [5, 5.41) is 12.2. The van der Waals surface area contributed by atoms with Crippen LogP contribution >= 0.6 is 0 Å². The van der Waals surface area contributed by atoms with Crippen molar-refractivity contribution in [2.45, 2.75) is 72.6 Å². The molecule has 0 bridgehead atoms. The summed E-state index contributed by atoms with van der Waals surface area (Å²) in [6, 6.07) is 35.5. The van der Waals surface area contributed by atoms with E-state index in [-0.39, 0.29) is 52.7 Å². The van der Waals surface area contributed by atoms with Crippen LogP contribution in [0.3, 0.4) is 0 Å². The van der Waals surface area contributed by atoms with Crippen LogP contribution in [0.1, 0.15) is 89.4 Å². The Balaban J connectivity index is 1.42. The monoisotopic (exact) mass is 750 g/mol. The number of aromatic hydroxyl groups is 1. The third-order valence-electron chi connectivity index (χ3n) is 10.8. The molecule has 2 heterocycles. The first-order valence-corrected chi connectivity index (χ1v) is 19.7. The number of hydrogen-bond acceptors (Lipinski definition) is 3. The fourth-order valence-corrected chi connectivity index (χ4v) is 7.58. The Morgan fingerprint density at radius 1 is 0.649 bits per heavy atom. The first-order valence-electron chi connectivity index (χ1n) is 22.2. The van der Waals surface area contributed by atoms with Crippen molar-refractivity contribution in [2.24, 2.45) is 0 Å². The number of rotatable bonds is 8. The van der Waals surface area contributed by atoms with Crippen LogP contribution in [0.15, 0.2) is 146 Å². The lowest BCUT2D eigenvalue weighted by molar-refractivity contribution is 0.466. The molecule has 1 N–H and O–H groups in total. The van der Waals surface area contributed by atoms with Gasteiger partial charge in [0.05, 0.1) is 34.8 Å². The summed E-state index contributed by atoms with van der Waals surface area (Å²) in [5.41, 5.74) is 13.1. The number of phenols is 1. The van der Waals surface area contributed by atoms with Gasteiger partial charge in [-0.1, -0.05) is 145 Å². The predicted octanol–water partition coefficient (Wildman–Crippen LogP) is 14.3. The van der Waals surface area contributed by atoms with Crippen molar-refractivity contribution in [3.05, 3.63) is 168 Å². The third-order valence-corrected chi connectivity index (χ3v) is 10.8. The number of phenolic OH excluding ortho intramolecular Hbond substituents is 1. The van der Waals surface area contributed by atoms with Crippen molar-refractivity contribution in [3.63, 3.8) is 0 Å². The molecule has 4 nitrogen and oxygen atoms in total. The van der Waals surface area contributed by atoms with Gasteiger partial charge in [0.25, 0.3) is 0 Å². The van der Waals surface area contributed by atoms with E-state index in [0.717, 1.165) is 66.8 Å². The van der Waals surface area contributed by atoms with Crippen molar-refractivity contribution in [3.8, 4) is 67.5 Å². The van der Waals surface area contributed by atoms with E-state index >= 15 is 0 Å². The molecule has 0 aliphatic carbocycles. The number of benzene rings is 6. The van der Waals surface area contributed by atoms with Crippen molar-refractivity contribution >= 4 is 11.0 Å². The second kappa shape index (κ2) is 15.0. The van der Waals surface area contributed by atoms with Crippen LogP contribution in [-0.2, 0) is 5.41 Å². The highest BCUT2D eigenvalue weighted by Gasteiger charge is 2.26. The van der Waals surface area contributed by atoms with Crippen LogP contribution in [0.25, 0.3) is 72.7 Å². The van der Waals surface area contributed by atoms with Gasteiger partial charge < -0.3 is 5.11 Å². The number of pyridine rings is 1. The average Bonchev–Trinajstić information content (AvgIpc) is 3.64. The fourth-order valence-electron chi connectivity index (χ4n) is 7.58. The Kier molecular flexibility index (Phi) is 8.40. The Bertz CT molecular complexity index is 3010. The van der Waals surface area contributed by atoms with Crippen LogP contribution in [-0.4, -0.2) is 19.6 Å². The number of imidazole rings is 1. The molecule has 0 unspecified atom stereocenters. The van der Waals surface area contributed by atoms with Gasteiger partial charge in [-0.05, 0) is 112 Å². The molecule has 0 aliphatic heterocycles. The summed E-state index contributed by atoms with van der Waals surface area (Å²) in [6.45, 7) is 17.1. The third kappa shape index (κ3) is 7.29. The number of hydrogen-bond donors (Lipinski definition) is 1. The molecule has 0 spiro atoms. The van der Waals surface area contributed by atoms with Gasteiger partial charge in [0, 0.05) is 22.9 Å². The number of aromatic nitrogens is 3. The summed E-state index contributed by atoms with van der Waals surface area (Å²) in [5.74, 6) is 1.14. The van der Waals surface area contributed by atoms with Crippen molar-refractivity contribution in [1.82, 2.24) is 14.5 Å². The van der Waals surface area contributed by atoms with Gasteiger partial charge in [0.2, 0.25) is 0 Å². The smallest absolute Gasteiger partial charge is 0.149 e. The second-order valence-corrected chi connectivity index (χ2v) is 16.6. The van der Waals surface area contributed by atoms with Crippen LogP contribution in [0.5, 0.6) is 5.75 Å². The number of fused-ring (bicyclic) bond motifs is 1. The Morgan fingerprint density at radius 2 is 1.40 bits per heavy atom.